The number of carbonyl (C=O) groups is 1. The van der Waals surface area contributed by atoms with Crippen molar-refractivity contribution >= 4 is 11.7 Å². The van der Waals surface area contributed by atoms with E-state index in [4.69, 9.17) is 9.15 Å². The van der Waals surface area contributed by atoms with E-state index in [2.05, 4.69) is 34.6 Å². The van der Waals surface area contributed by atoms with Crippen LogP contribution in [0.5, 0.6) is 0 Å². The molecule has 0 bridgehead atoms. The molecule has 1 fully saturated rings. The minimum absolute atomic E-state index is 0.106. The van der Waals surface area contributed by atoms with Gasteiger partial charge in [0.05, 0.1) is 18.9 Å². The fourth-order valence-corrected chi connectivity index (χ4v) is 3.35. The Morgan fingerprint density at radius 3 is 2.80 bits per heavy atom. The molecule has 134 valence electrons. The zero-order valence-electron chi connectivity index (χ0n) is 14.6. The maximum atomic E-state index is 12.4. The number of nitrogens with one attached hydrogen (secondary N) is 2. The van der Waals surface area contributed by atoms with Crippen molar-refractivity contribution in [3.05, 3.63) is 54.5 Å². The SMILES string of the molecule is COC[C@H](NC(=O)N[C@H]1C[C@H](C)N(c2ccccc2)C1)c1ccco1. The lowest BCUT2D eigenvalue weighted by atomic mass is 10.2. The number of amides is 2. The largest absolute Gasteiger partial charge is 0.467 e. The first-order valence-corrected chi connectivity index (χ1v) is 8.58. The van der Waals surface area contributed by atoms with E-state index in [1.54, 1.807) is 19.4 Å². The molecule has 0 radical (unpaired) electrons. The fourth-order valence-electron chi connectivity index (χ4n) is 3.35. The van der Waals surface area contributed by atoms with Gasteiger partial charge in [-0.25, -0.2) is 4.79 Å². The lowest BCUT2D eigenvalue weighted by Gasteiger charge is -2.23. The third-order valence-corrected chi connectivity index (χ3v) is 4.52. The lowest BCUT2D eigenvalue weighted by molar-refractivity contribution is 0.156. The maximum absolute atomic E-state index is 12.4. The zero-order chi connectivity index (χ0) is 17.6. The number of methoxy groups -OCH3 is 1. The summed E-state index contributed by atoms with van der Waals surface area (Å²) in [5.74, 6) is 0.683. The minimum Gasteiger partial charge on any atom is -0.467 e. The number of rotatable bonds is 6. The summed E-state index contributed by atoms with van der Waals surface area (Å²) in [6.45, 7) is 3.34. The number of para-hydroxylation sites is 1. The van der Waals surface area contributed by atoms with E-state index in [9.17, 15) is 4.79 Å². The highest BCUT2D eigenvalue weighted by molar-refractivity contribution is 5.75. The van der Waals surface area contributed by atoms with Crippen molar-refractivity contribution in [2.45, 2.75) is 31.5 Å². The molecule has 0 spiro atoms. The van der Waals surface area contributed by atoms with E-state index in [-0.39, 0.29) is 18.1 Å². The zero-order valence-corrected chi connectivity index (χ0v) is 14.6. The van der Waals surface area contributed by atoms with E-state index in [1.807, 2.05) is 24.3 Å². The third kappa shape index (κ3) is 4.33. The second kappa shape index (κ2) is 8.07. The first-order valence-electron chi connectivity index (χ1n) is 8.58. The summed E-state index contributed by atoms with van der Waals surface area (Å²) >= 11 is 0. The Balaban J connectivity index is 1.56. The highest BCUT2D eigenvalue weighted by Gasteiger charge is 2.30. The van der Waals surface area contributed by atoms with Crippen molar-refractivity contribution in [3.8, 4) is 0 Å². The molecule has 3 rings (SSSR count). The summed E-state index contributed by atoms with van der Waals surface area (Å²) in [5, 5.41) is 6.00. The van der Waals surface area contributed by atoms with Gasteiger partial charge < -0.3 is 24.7 Å². The molecular weight excluding hydrogens is 318 g/mol. The Morgan fingerprint density at radius 1 is 1.32 bits per heavy atom. The van der Waals surface area contributed by atoms with Crippen molar-refractivity contribution in [1.82, 2.24) is 10.6 Å². The second-order valence-electron chi connectivity index (χ2n) is 6.41. The number of nitrogens with zero attached hydrogens (tertiary/aromatic N) is 1. The summed E-state index contributed by atoms with van der Waals surface area (Å²) in [5.41, 5.74) is 1.19. The molecule has 0 saturated carbocycles. The lowest BCUT2D eigenvalue weighted by Crippen LogP contribution is -2.45. The Morgan fingerprint density at radius 2 is 2.12 bits per heavy atom. The van der Waals surface area contributed by atoms with Crippen LogP contribution in [0.15, 0.2) is 53.1 Å². The predicted molar refractivity (Wildman–Crippen MR) is 96.6 cm³/mol. The van der Waals surface area contributed by atoms with Gasteiger partial charge in [-0.3, -0.25) is 0 Å². The van der Waals surface area contributed by atoms with Crippen LogP contribution in [0.1, 0.15) is 25.1 Å². The molecule has 1 aliphatic heterocycles. The Kier molecular flexibility index (Phi) is 5.60. The summed E-state index contributed by atoms with van der Waals surface area (Å²) in [7, 11) is 1.60. The second-order valence-corrected chi connectivity index (χ2v) is 6.41. The molecule has 0 unspecified atom stereocenters. The van der Waals surface area contributed by atoms with Crippen LogP contribution >= 0.6 is 0 Å². The van der Waals surface area contributed by atoms with Crippen LogP contribution in [0.2, 0.25) is 0 Å². The van der Waals surface area contributed by atoms with E-state index in [0.29, 0.717) is 18.4 Å². The standard InChI is InChI=1S/C19H25N3O3/c1-14-11-15(12-22(14)16-7-4-3-5-8-16)20-19(23)21-17(13-24-2)18-9-6-10-25-18/h3-10,14-15,17H,11-13H2,1-2H3,(H2,20,21,23)/t14-,15-,17-/m0/s1. The highest BCUT2D eigenvalue weighted by Crippen LogP contribution is 2.25. The minimum atomic E-state index is -0.302. The van der Waals surface area contributed by atoms with Crippen molar-refractivity contribution in [1.29, 1.82) is 0 Å². The van der Waals surface area contributed by atoms with E-state index >= 15 is 0 Å². The number of anilines is 1. The van der Waals surface area contributed by atoms with E-state index in [0.717, 1.165) is 13.0 Å². The molecular formula is C19H25N3O3. The van der Waals surface area contributed by atoms with Gasteiger partial charge in [0.15, 0.2) is 0 Å². The number of carbonyl (C=O) groups excluding carboxylic acids is 1. The molecule has 0 aliphatic carbocycles. The summed E-state index contributed by atoms with van der Waals surface area (Å²) in [6.07, 6.45) is 2.51. The fraction of sp³-hybridized carbons (Fsp3) is 0.421. The van der Waals surface area contributed by atoms with Crippen molar-refractivity contribution in [2.24, 2.45) is 0 Å². The molecule has 1 aromatic carbocycles. The summed E-state index contributed by atoms with van der Waals surface area (Å²) in [6, 6.07) is 13.9. The summed E-state index contributed by atoms with van der Waals surface area (Å²) < 4.78 is 10.6. The molecule has 1 aromatic heterocycles. The van der Waals surface area contributed by atoms with E-state index < -0.39 is 0 Å². The van der Waals surface area contributed by atoms with Gasteiger partial charge in [-0.1, -0.05) is 18.2 Å². The smallest absolute Gasteiger partial charge is 0.315 e. The maximum Gasteiger partial charge on any atom is 0.315 e. The molecule has 2 aromatic rings. The molecule has 1 saturated heterocycles. The van der Waals surface area contributed by atoms with E-state index in [1.165, 1.54) is 5.69 Å². The van der Waals surface area contributed by atoms with Crippen LogP contribution in [0.4, 0.5) is 10.5 Å². The first kappa shape index (κ1) is 17.4. The molecule has 6 nitrogen and oxygen atoms in total. The number of furan rings is 1. The van der Waals surface area contributed by atoms with Crippen LogP contribution in [0.3, 0.4) is 0 Å². The van der Waals surface area contributed by atoms with Crippen LogP contribution in [-0.2, 0) is 4.74 Å². The Hall–Kier alpha value is -2.47. The number of urea groups is 1. The normalized spacial score (nSPS) is 21.1. The quantitative estimate of drug-likeness (QED) is 0.846. The highest BCUT2D eigenvalue weighted by atomic mass is 16.5. The number of hydrogen-bond acceptors (Lipinski definition) is 4. The van der Waals surface area contributed by atoms with Crippen LogP contribution in [-0.4, -0.2) is 38.4 Å². The van der Waals surface area contributed by atoms with Gasteiger partial charge in [0, 0.05) is 25.4 Å². The molecule has 2 heterocycles. The number of ether oxygens (including phenoxy) is 1. The molecule has 2 amide bonds. The van der Waals surface area contributed by atoms with Crippen LogP contribution in [0, 0.1) is 0 Å². The van der Waals surface area contributed by atoms with Gasteiger partial charge in [0.1, 0.15) is 11.8 Å². The monoisotopic (exact) mass is 343 g/mol. The first-order chi connectivity index (χ1) is 12.2. The van der Waals surface area contributed by atoms with Gasteiger partial charge in [-0.15, -0.1) is 0 Å². The van der Waals surface area contributed by atoms with Crippen molar-refractivity contribution < 1.29 is 13.9 Å². The molecule has 2 N–H and O–H groups in total. The third-order valence-electron chi connectivity index (χ3n) is 4.52. The average molecular weight is 343 g/mol. The Bertz CT molecular complexity index is 660. The molecule has 1 aliphatic rings. The summed E-state index contributed by atoms with van der Waals surface area (Å²) in [4.78, 5) is 14.7. The molecule has 6 heteroatoms. The van der Waals surface area contributed by atoms with Crippen LogP contribution in [0.25, 0.3) is 0 Å². The van der Waals surface area contributed by atoms with Crippen molar-refractivity contribution in [2.75, 3.05) is 25.2 Å². The number of benzene rings is 1. The van der Waals surface area contributed by atoms with Gasteiger partial charge >= 0.3 is 6.03 Å². The molecule has 3 atom stereocenters. The van der Waals surface area contributed by atoms with Crippen LogP contribution < -0.4 is 15.5 Å². The van der Waals surface area contributed by atoms with Gasteiger partial charge in [-0.05, 0) is 37.6 Å². The topological polar surface area (TPSA) is 66.7 Å². The van der Waals surface area contributed by atoms with Gasteiger partial charge in [0.25, 0.3) is 0 Å². The van der Waals surface area contributed by atoms with Gasteiger partial charge in [0.2, 0.25) is 0 Å². The Labute approximate surface area is 148 Å². The average Bonchev–Trinajstić information content (AvgIpc) is 3.25. The number of hydrogen-bond donors (Lipinski definition) is 2. The predicted octanol–water partition coefficient (Wildman–Crippen LogP) is 2.93. The molecule has 25 heavy (non-hydrogen) atoms. The van der Waals surface area contributed by atoms with Gasteiger partial charge in [-0.2, -0.15) is 0 Å². The van der Waals surface area contributed by atoms with Crippen molar-refractivity contribution in [3.63, 3.8) is 0 Å².